The molecule has 0 saturated heterocycles. The van der Waals surface area contributed by atoms with Crippen LogP contribution in [0.25, 0.3) is 0 Å². The summed E-state index contributed by atoms with van der Waals surface area (Å²) in [6.07, 6.45) is 48.6. The number of unbranched alkanes of at least 4 members (excludes halogenated alkanes) is 31. The zero-order chi connectivity index (χ0) is 36.4. The van der Waals surface area contributed by atoms with Gasteiger partial charge in [0.15, 0.2) is 6.10 Å². The van der Waals surface area contributed by atoms with Crippen molar-refractivity contribution in [2.24, 2.45) is 0 Å². The van der Waals surface area contributed by atoms with Crippen molar-refractivity contribution in [2.45, 2.75) is 251 Å². The Kier molecular flexibility index (Phi) is 40.9. The summed E-state index contributed by atoms with van der Waals surface area (Å²) in [5.74, 6) is -0.588. The number of rotatable bonds is 41. The van der Waals surface area contributed by atoms with Crippen LogP contribution in [0.3, 0.4) is 0 Å². The van der Waals surface area contributed by atoms with Crippen molar-refractivity contribution < 1.29 is 24.2 Å². The van der Waals surface area contributed by atoms with Crippen LogP contribution in [0.1, 0.15) is 245 Å². The highest BCUT2D eigenvalue weighted by molar-refractivity contribution is 5.70. The third kappa shape index (κ3) is 39.4. The molecule has 5 nitrogen and oxygen atoms in total. The minimum absolute atomic E-state index is 0.0629. The zero-order valence-corrected chi connectivity index (χ0v) is 33.7. The van der Waals surface area contributed by atoms with E-state index in [1.807, 2.05) is 0 Å². The molecule has 5 heteroatoms. The van der Waals surface area contributed by atoms with Gasteiger partial charge in [-0.2, -0.15) is 0 Å². The molecule has 0 aliphatic carbocycles. The highest BCUT2D eigenvalue weighted by Crippen LogP contribution is 2.16. The molecule has 0 amide bonds. The van der Waals surface area contributed by atoms with E-state index in [-0.39, 0.29) is 25.2 Å². The number of carbonyl (C=O) groups is 2. The van der Waals surface area contributed by atoms with Crippen LogP contribution in [0.5, 0.6) is 0 Å². The van der Waals surface area contributed by atoms with Crippen LogP contribution in [0.4, 0.5) is 0 Å². The minimum atomic E-state index is -0.769. The fourth-order valence-corrected chi connectivity index (χ4v) is 6.67. The Balaban J connectivity index is 3.45. The number of aliphatic hydroxyl groups is 1. The van der Waals surface area contributed by atoms with Crippen LogP contribution < -0.4 is 0 Å². The summed E-state index contributed by atoms with van der Waals surface area (Å²) in [5.41, 5.74) is 0. The standard InChI is InChI=1S/C45H86O5/c1-3-5-7-9-11-13-15-17-18-19-20-21-22-23-24-25-26-28-29-31-33-35-37-39-44(47)49-42-43(41-46)50-45(48)40-38-36-34-32-30-27-16-14-12-10-8-6-4-2/h14,16,43,46H,3-13,15,17-42H2,1-2H3/b16-14+/t43-/m0/s1. The fourth-order valence-electron chi connectivity index (χ4n) is 6.67. The Hall–Kier alpha value is -1.36. The van der Waals surface area contributed by atoms with Gasteiger partial charge in [-0.25, -0.2) is 0 Å². The van der Waals surface area contributed by atoms with Gasteiger partial charge in [-0.1, -0.05) is 206 Å². The molecule has 0 aromatic carbocycles. The molecule has 296 valence electrons. The quantitative estimate of drug-likeness (QED) is 0.0389. The molecule has 0 aromatic rings. The number of ether oxygens (including phenoxy) is 2. The van der Waals surface area contributed by atoms with Gasteiger partial charge in [0.1, 0.15) is 6.61 Å². The Bertz CT molecular complexity index is 720. The first kappa shape index (κ1) is 48.6. The van der Waals surface area contributed by atoms with Crippen LogP contribution in [0.2, 0.25) is 0 Å². The van der Waals surface area contributed by atoms with E-state index in [9.17, 15) is 14.7 Å². The molecule has 0 rings (SSSR count). The van der Waals surface area contributed by atoms with Crippen LogP contribution in [-0.2, 0) is 19.1 Å². The molecule has 1 atom stereocenters. The first-order valence-electron chi connectivity index (χ1n) is 22.2. The first-order valence-corrected chi connectivity index (χ1v) is 22.2. The molecule has 1 N–H and O–H groups in total. The van der Waals surface area contributed by atoms with E-state index in [2.05, 4.69) is 26.0 Å². The van der Waals surface area contributed by atoms with Gasteiger partial charge in [0.2, 0.25) is 0 Å². The largest absolute Gasteiger partial charge is 0.462 e. The average molecular weight is 707 g/mol. The zero-order valence-electron chi connectivity index (χ0n) is 33.7. The van der Waals surface area contributed by atoms with Crippen LogP contribution >= 0.6 is 0 Å². The molecule has 0 aromatic heterocycles. The maximum Gasteiger partial charge on any atom is 0.306 e. The molecule has 0 radical (unpaired) electrons. The third-order valence-electron chi connectivity index (χ3n) is 10.1. The summed E-state index contributed by atoms with van der Waals surface area (Å²) in [7, 11) is 0. The topological polar surface area (TPSA) is 72.8 Å². The summed E-state index contributed by atoms with van der Waals surface area (Å²) in [6.45, 7) is 4.14. The van der Waals surface area contributed by atoms with Crippen LogP contribution in [0, 0.1) is 0 Å². The van der Waals surface area contributed by atoms with Crippen LogP contribution in [-0.4, -0.2) is 36.4 Å². The average Bonchev–Trinajstić information content (AvgIpc) is 3.12. The van der Waals surface area contributed by atoms with Gasteiger partial charge in [-0.3, -0.25) is 9.59 Å². The maximum atomic E-state index is 12.2. The molecule has 0 bridgehead atoms. The number of hydrogen-bond acceptors (Lipinski definition) is 5. The lowest BCUT2D eigenvalue weighted by atomic mass is 10.0. The Morgan fingerprint density at radius 3 is 1.10 bits per heavy atom. The van der Waals surface area contributed by atoms with Crippen LogP contribution in [0.15, 0.2) is 12.2 Å². The number of aliphatic hydroxyl groups excluding tert-OH is 1. The SMILES string of the molecule is CCCCCC/C=C/CCCCCCCC(=O)O[C@@H](CO)COC(=O)CCCCCCCCCCCCCCCCCCCCCCCCC. The second kappa shape index (κ2) is 42.1. The van der Waals surface area contributed by atoms with E-state index < -0.39 is 6.10 Å². The number of carbonyl (C=O) groups excluding carboxylic acids is 2. The van der Waals surface area contributed by atoms with Gasteiger partial charge in [0.05, 0.1) is 6.61 Å². The predicted octanol–water partition coefficient (Wildman–Crippen LogP) is 14.1. The van der Waals surface area contributed by atoms with Crippen molar-refractivity contribution in [1.29, 1.82) is 0 Å². The lowest BCUT2D eigenvalue weighted by Crippen LogP contribution is -2.28. The molecule has 0 saturated carbocycles. The normalized spacial score (nSPS) is 12.1. The fraction of sp³-hybridized carbons (Fsp3) is 0.911. The van der Waals surface area contributed by atoms with Gasteiger partial charge in [-0.15, -0.1) is 0 Å². The van der Waals surface area contributed by atoms with E-state index >= 15 is 0 Å². The van der Waals surface area contributed by atoms with E-state index in [4.69, 9.17) is 9.47 Å². The maximum absolute atomic E-state index is 12.2. The Morgan fingerprint density at radius 1 is 0.440 bits per heavy atom. The highest BCUT2D eigenvalue weighted by Gasteiger charge is 2.16. The molecule has 0 aliphatic rings. The van der Waals surface area contributed by atoms with Crippen molar-refractivity contribution in [3.63, 3.8) is 0 Å². The highest BCUT2D eigenvalue weighted by atomic mass is 16.6. The minimum Gasteiger partial charge on any atom is -0.462 e. The predicted molar refractivity (Wildman–Crippen MR) is 215 cm³/mol. The van der Waals surface area contributed by atoms with E-state index in [0.717, 1.165) is 38.5 Å². The molecule has 0 aliphatic heterocycles. The van der Waals surface area contributed by atoms with Crippen molar-refractivity contribution in [3.05, 3.63) is 12.2 Å². The molecule has 0 fully saturated rings. The van der Waals surface area contributed by atoms with Gasteiger partial charge in [0.25, 0.3) is 0 Å². The first-order chi connectivity index (χ1) is 24.6. The Morgan fingerprint density at radius 2 is 0.740 bits per heavy atom. The lowest BCUT2D eigenvalue weighted by molar-refractivity contribution is -0.161. The van der Waals surface area contributed by atoms with Crippen molar-refractivity contribution in [2.75, 3.05) is 13.2 Å². The van der Waals surface area contributed by atoms with Gasteiger partial charge < -0.3 is 14.6 Å². The van der Waals surface area contributed by atoms with E-state index in [1.54, 1.807) is 0 Å². The molecular weight excluding hydrogens is 620 g/mol. The van der Waals surface area contributed by atoms with Gasteiger partial charge in [0, 0.05) is 12.8 Å². The van der Waals surface area contributed by atoms with E-state index in [0.29, 0.717) is 12.8 Å². The second-order valence-electron chi connectivity index (χ2n) is 15.1. The molecular formula is C45H86O5. The second-order valence-corrected chi connectivity index (χ2v) is 15.1. The van der Waals surface area contributed by atoms with Gasteiger partial charge in [-0.05, 0) is 38.5 Å². The number of esters is 2. The summed E-state index contributed by atoms with van der Waals surface area (Å²) in [5, 5.41) is 9.56. The third-order valence-corrected chi connectivity index (χ3v) is 10.1. The molecule has 50 heavy (non-hydrogen) atoms. The number of allylic oxidation sites excluding steroid dienone is 2. The molecule has 0 heterocycles. The summed E-state index contributed by atoms with van der Waals surface area (Å²) in [6, 6.07) is 0. The summed E-state index contributed by atoms with van der Waals surface area (Å²) < 4.78 is 10.6. The monoisotopic (exact) mass is 707 g/mol. The lowest BCUT2D eigenvalue weighted by Gasteiger charge is -2.15. The van der Waals surface area contributed by atoms with Gasteiger partial charge >= 0.3 is 11.9 Å². The van der Waals surface area contributed by atoms with Crippen molar-refractivity contribution >= 4 is 11.9 Å². The van der Waals surface area contributed by atoms with E-state index in [1.165, 1.54) is 180 Å². The summed E-state index contributed by atoms with van der Waals surface area (Å²) in [4.78, 5) is 24.3. The molecule has 0 unspecified atom stereocenters. The smallest absolute Gasteiger partial charge is 0.306 e. The van der Waals surface area contributed by atoms with Crippen molar-refractivity contribution in [3.8, 4) is 0 Å². The Labute approximate surface area is 311 Å². The molecule has 0 spiro atoms. The van der Waals surface area contributed by atoms with Crippen molar-refractivity contribution in [1.82, 2.24) is 0 Å². The summed E-state index contributed by atoms with van der Waals surface area (Å²) >= 11 is 0. The number of hydrogen-bond donors (Lipinski definition) is 1.